The van der Waals surface area contributed by atoms with Gasteiger partial charge in [-0.15, -0.1) is 10.2 Å². The van der Waals surface area contributed by atoms with Crippen LogP contribution < -0.4 is 5.73 Å². The van der Waals surface area contributed by atoms with Crippen LogP contribution in [0.2, 0.25) is 0 Å². The van der Waals surface area contributed by atoms with Gasteiger partial charge >= 0.3 is 0 Å². The highest BCUT2D eigenvalue weighted by Crippen LogP contribution is 2.30. The summed E-state index contributed by atoms with van der Waals surface area (Å²) in [7, 11) is 1.81. The number of pyridine rings is 2. The maximum Gasteiger partial charge on any atom is 0.187 e. The van der Waals surface area contributed by atoms with E-state index in [2.05, 4.69) is 38.2 Å². The minimum atomic E-state index is -0.374. The van der Waals surface area contributed by atoms with Gasteiger partial charge in [-0.25, -0.2) is 9.37 Å². The maximum atomic E-state index is 15.5. The number of hydrogen-bond acceptors (Lipinski definition) is 6. The Hall–Kier alpha value is -3.69. The first kappa shape index (κ1) is 20.9. The number of nitrogens with zero attached hydrogens (tertiary/aromatic N) is 7. The lowest BCUT2D eigenvalue weighted by molar-refractivity contribution is 0.259. The van der Waals surface area contributed by atoms with E-state index >= 15 is 4.39 Å². The first-order valence-electron chi connectivity index (χ1n) is 11.4. The molecule has 0 amide bonds. The number of rotatable bonds is 4. The van der Waals surface area contributed by atoms with Crippen molar-refractivity contribution in [1.29, 1.82) is 0 Å². The summed E-state index contributed by atoms with van der Waals surface area (Å²) in [6.45, 7) is 4.06. The number of nitrogens with two attached hydrogens (primary N) is 1. The van der Waals surface area contributed by atoms with Gasteiger partial charge in [-0.1, -0.05) is 24.3 Å². The van der Waals surface area contributed by atoms with Crippen molar-refractivity contribution in [2.24, 2.45) is 12.8 Å². The topological polar surface area (TPSA) is 90.2 Å². The Balaban J connectivity index is 1.43. The monoisotopic (exact) mass is 456 g/mol. The quantitative estimate of drug-likeness (QED) is 0.445. The second-order valence-electron chi connectivity index (χ2n) is 9.03. The Labute approximate surface area is 195 Å². The second kappa shape index (κ2) is 7.96. The van der Waals surface area contributed by atoms with E-state index in [1.54, 1.807) is 23.1 Å². The summed E-state index contributed by atoms with van der Waals surface area (Å²) in [5.74, 6) is 0.205. The van der Waals surface area contributed by atoms with Crippen LogP contribution in [0.15, 0.2) is 55.0 Å². The highest BCUT2D eigenvalue weighted by Gasteiger charge is 2.25. The molecule has 1 saturated heterocycles. The molecule has 172 valence electrons. The molecule has 1 fully saturated rings. The number of halogens is 1. The standard InChI is InChI=1S/C25H25FN8/c1-15(33-10-9-19(27)14-33)17-5-8-22-30-31-25(34(22)13-17)21-7-4-16-3-6-20(23(26)24(16)29-21)18-11-28-32(2)12-18/h3-8,11-13,15,19H,9-10,14,27H2,1-2H3/t15-,19-/m0/s1. The van der Waals surface area contributed by atoms with Crippen LogP contribution in [0.5, 0.6) is 0 Å². The van der Waals surface area contributed by atoms with Crippen molar-refractivity contribution < 1.29 is 4.39 Å². The third-order valence-corrected chi connectivity index (χ3v) is 6.76. The van der Waals surface area contributed by atoms with Crippen molar-refractivity contribution in [3.8, 4) is 22.6 Å². The zero-order chi connectivity index (χ0) is 23.4. The van der Waals surface area contributed by atoms with Crippen molar-refractivity contribution >= 4 is 16.6 Å². The molecule has 0 saturated carbocycles. The zero-order valence-corrected chi connectivity index (χ0v) is 19.1. The molecule has 0 unspecified atom stereocenters. The SMILES string of the molecule is C[C@@H](c1ccc2nnc(-c3ccc4ccc(-c5cnn(C)c5)c(F)c4n3)n2c1)N1CC[C@H](N)C1. The van der Waals surface area contributed by atoms with E-state index < -0.39 is 0 Å². The number of hydrogen-bond donors (Lipinski definition) is 1. The zero-order valence-electron chi connectivity index (χ0n) is 19.1. The summed E-state index contributed by atoms with van der Waals surface area (Å²) in [6, 6.07) is 11.9. The largest absolute Gasteiger partial charge is 0.326 e. The molecule has 4 aromatic heterocycles. The summed E-state index contributed by atoms with van der Waals surface area (Å²) >= 11 is 0. The van der Waals surface area contributed by atoms with E-state index in [0.717, 1.165) is 36.1 Å². The molecule has 2 N–H and O–H groups in total. The van der Waals surface area contributed by atoms with E-state index in [1.807, 2.05) is 41.9 Å². The van der Waals surface area contributed by atoms with Crippen molar-refractivity contribution in [3.63, 3.8) is 0 Å². The minimum absolute atomic E-state index is 0.220. The van der Waals surface area contributed by atoms with Gasteiger partial charge in [0.05, 0.1) is 6.20 Å². The predicted molar refractivity (Wildman–Crippen MR) is 128 cm³/mol. The molecular weight excluding hydrogens is 431 g/mol. The molecule has 8 nitrogen and oxygen atoms in total. The lowest BCUT2D eigenvalue weighted by atomic mass is 10.1. The average molecular weight is 457 g/mol. The van der Waals surface area contributed by atoms with Gasteiger partial charge in [-0.3, -0.25) is 14.0 Å². The molecule has 0 spiro atoms. The van der Waals surface area contributed by atoms with Crippen molar-refractivity contribution in [1.82, 2.24) is 34.3 Å². The van der Waals surface area contributed by atoms with Crippen LogP contribution in [0.1, 0.15) is 24.9 Å². The summed E-state index contributed by atoms with van der Waals surface area (Å²) in [4.78, 5) is 7.06. The van der Waals surface area contributed by atoms with Gasteiger partial charge in [0.15, 0.2) is 17.3 Å². The molecule has 34 heavy (non-hydrogen) atoms. The Morgan fingerprint density at radius 2 is 1.94 bits per heavy atom. The first-order chi connectivity index (χ1) is 16.5. The van der Waals surface area contributed by atoms with E-state index in [4.69, 9.17) is 5.73 Å². The van der Waals surface area contributed by atoms with Gasteiger partial charge in [0.25, 0.3) is 0 Å². The molecule has 1 aliphatic heterocycles. The van der Waals surface area contributed by atoms with Crippen molar-refractivity contribution in [3.05, 3.63) is 66.4 Å². The fourth-order valence-corrected chi connectivity index (χ4v) is 4.77. The van der Waals surface area contributed by atoms with E-state index in [1.165, 1.54) is 0 Å². The van der Waals surface area contributed by atoms with Gasteiger partial charge in [-0.2, -0.15) is 5.10 Å². The van der Waals surface area contributed by atoms with Gasteiger partial charge in [0.1, 0.15) is 11.2 Å². The van der Waals surface area contributed by atoms with Gasteiger partial charge < -0.3 is 5.73 Å². The molecule has 2 atom stereocenters. The number of aryl methyl sites for hydroxylation is 1. The van der Waals surface area contributed by atoms with E-state index in [-0.39, 0.29) is 17.9 Å². The normalized spacial score (nSPS) is 17.7. The molecule has 5 aromatic rings. The number of benzene rings is 1. The van der Waals surface area contributed by atoms with Crippen LogP contribution in [-0.2, 0) is 7.05 Å². The lowest BCUT2D eigenvalue weighted by Gasteiger charge is -2.24. The molecule has 0 radical (unpaired) electrons. The highest BCUT2D eigenvalue weighted by molar-refractivity contribution is 5.86. The van der Waals surface area contributed by atoms with E-state index in [0.29, 0.717) is 28.2 Å². The highest BCUT2D eigenvalue weighted by atomic mass is 19.1. The molecule has 0 aliphatic carbocycles. The second-order valence-corrected chi connectivity index (χ2v) is 9.03. The Bertz CT molecular complexity index is 1520. The number of likely N-dealkylation sites (tertiary alicyclic amines) is 1. The summed E-state index contributed by atoms with van der Waals surface area (Å²) in [6.07, 6.45) is 6.50. The molecule has 9 heteroatoms. The predicted octanol–water partition coefficient (Wildman–Crippen LogP) is 3.58. The first-order valence-corrected chi connectivity index (χ1v) is 11.4. The van der Waals surface area contributed by atoms with Crippen LogP contribution in [-0.4, -0.2) is 53.4 Å². The van der Waals surface area contributed by atoms with Gasteiger partial charge in [0, 0.05) is 61.1 Å². The molecule has 1 aromatic carbocycles. The fraction of sp³-hybridized carbons (Fsp3) is 0.280. The lowest BCUT2D eigenvalue weighted by Crippen LogP contribution is -2.28. The summed E-state index contributed by atoms with van der Waals surface area (Å²) in [5, 5.41) is 13.6. The molecule has 6 rings (SSSR count). The molecule has 1 aliphatic rings. The Morgan fingerprint density at radius 3 is 2.71 bits per heavy atom. The van der Waals surface area contributed by atoms with Crippen LogP contribution >= 0.6 is 0 Å². The number of aromatic nitrogens is 6. The Kier molecular flexibility index (Phi) is 4.89. The van der Waals surface area contributed by atoms with Gasteiger partial charge in [-0.05, 0) is 31.0 Å². The molecular formula is C25H25FN8. The molecule has 0 bridgehead atoms. The van der Waals surface area contributed by atoms with Crippen molar-refractivity contribution in [2.75, 3.05) is 13.1 Å². The van der Waals surface area contributed by atoms with E-state index in [9.17, 15) is 0 Å². The molecule has 5 heterocycles. The number of fused-ring (bicyclic) bond motifs is 2. The Morgan fingerprint density at radius 1 is 1.09 bits per heavy atom. The third-order valence-electron chi connectivity index (χ3n) is 6.76. The van der Waals surface area contributed by atoms with Crippen molar-refractivity contribution in [2.45, 2.75) is 25.4 Å². The van der Waals surface area contributed by atoms with Crippen LogP contribution in [0.3, 0.4) is 0 Å². The van der Waals surface area contributed by atoms with Crippen LogP contribution in [0.4, 0.5) is 4.39 Å². The fourth-order valence-electron chi connectivity index (χ4n) is 4.77. The maximum absolute atomic E-state index is 15.5. The minimum Gasteiger partial charge on any atom is -0.326 e. The van der Waals surface area contributed by atoms with Crippen LogP contribution in [0, 0.1) is 5.82 Å². The summed E-state index contributed by atoms with van der Waals surface area (Å²) in [5.41, 5.74) is 10.0. The average Bonchev–Trinajstić information content (AvgIpc) is 3.58. The summed E-state index contributed by atoms with van der Waals surface area (Å²) < 4.78 is 19.1. The van der Waals surface area contributed by atoms with Gasteiger partial charge in [0.2, 0.25) is 0 Å². The smallest absolute Gasteiger partial charge is 0.187 e. The third kappa shape index (κ3) is 3.44. The van der Waals surface area contributed by atoms with Crippen LogP contribution in [0.25, 0.3) is 39.2 Å².